The van der Waals surface area contributed by atoms with E-state index in [2.05, 4.69) is 0 Å². The predicted molar refractivity (Wildman–Crippen MR) is 67.0 cm³/mol. The molecule has 0 atom stereocenters. The maximum atomic E-state index is 5.43. The smallest absolute Gasteiger partial charge is 0.114 e. The third kappa shape index (κ3) is 13.2. The van der Waals surface area contributed by atoms with Crippen LogP contribution in [0.5, 0.6) is 0 Å². The van der Waals surface area contributed by atoms with Crippen molar-refractivity contribution < 1.29 is 9.47 Å². The second-order valence-corrected chi connectivity index (χ2v) is 2.96. The van der Waals surface area contributed by atoms with Crippen LogP contribution < -0.4 is 0 Å². The van der Waals surface area contributed by atoms with Gasteiger partial charge >= 0.3 is 0 Å². The summed E-state index contributed by atoms with van der Waals surface area (Å²) < 4.78 is 10.8. The molecule has 0 aromatic rings. The molecule has 0 bridgehead atoms. The summed E-state index contributed by atoms with van der Waals surface area (Å²) >= 11 is 0. The lowest BCUT2D eigenvalue weighted by atomic mass is 10.4. The van der Waals surface area contributed by atoms with Crippen molar-refractivity contribution in [3.63, 3.8) is 0 Å². The van der Waals surface area contributed by atoms with E-state index in [4.69, 9.17) is 9.47 Å². The van der Waals surface area contributed by atoms with Gasteiger partial charge < -0.3 is 9.47 Å². The topological polar surface area (TPSA) is 18.5 Å². The molecule has 90 valence electrons. The zero-order valence-electron chi connectivity index (χ0n) is 11.0. The van der Waals surface area contributed by atoms with Crippen molar-refractivity contribution in [1.82, 2.24) is 0 Å². The number of hydrogen-bond donors (Lipinski definition) is 0. The van der Waals surface area contributed by atoms with Gasteiger partial charge in [0.2, 0.25) is 0 Å². The molecule has 0 aliphatic heterocycles. The minimum Gasteiger partial charge on any atom is -0.492 e. The Morgan fingerprint density at radius 1 is 1.13 bits per heavy atom. The average molecular weight is 214 g/mol. The van der Waals surface area contributed by atoms with Gasteiger partial charge in [0.05, 0.1) is 12.7 Å². The fraction of sp³-hybridized carbons (Fsp3) is 0.692. The molecule has 0 N–H and O–H groups in total. The maximum Gasteiger partial charge on any atom is 0.114 e. The zero-order valence-corrected chi connectivity index (χ0v) is 11.0. The predicted octanol–water partition coefficient (Wildman–Crippen LogP) is 3.93. The van der Waals surface area contributed by atoms with Gasteiger partial charge in [-0.2, -0.15) is 0 Å². The Balaban J connectivity index is 0. The van der Waals surface area contributed by atoms with Crippen molar-refractivity contribution in [2.24, 2.45) is 0 Å². The summed E-state index contributed by atoms with van der Waals surface area (Å²) in [4.78, 5) is 0. The highest BCUT2D eigenvalue weighted by atomic mass is 16.5. The van der Waals surface area contributed by atoms with Crippen molar-refractivity contribution in [2.45, 2.75) is 47.6 Å². The maximum absolute atomic E-state index is 5.43. The van der Waals surface area contributed by atoms with Crippen LogP contribution >= 0.6 is 0 Å². The third-order valence-electron chi connectivity index (χ3n) is 1.42. The Morgan fingerprint density at radius 2 is 1.73 bits per heavy atom. The average Bonchev–Trinajstić information content (AvgIpc) is 2.25. The van der Waals surface area contributed by atoms with Crippen LogP contribution in [0.25, 0.3) is 0 Å². The fourth-order valence-electron chi connectivity index (χ4n) is 0.835. The number of rotatable bonds is 6. The zero-order chi connectivity index (χ0) is 12.1. The molecule has 0 aromatic carbocycles. The first-order valence-electron chi connectivity index (χ1n) is 5.74. The van der Waals surface area contributed by atoms with E-state index in [9.17, 15) is 0 Å². The van der Waals surface area contributed by atoms with Gasteiger partial charge in [-0.3, -0.25) is 0 Å². The summed E-state index contributed by atoms with van der Waals surface area (Å²) in [6.07, 6.45) is 6.11. The first-order chi connectivity index (χ1) is 7.20. The minimum absolute atomic E-state index is 0.277. The Labute approximate surface area is 95.0 Å². The highest BCUT2D eigenvalue weighted by molar-refractivity contribution is 5.09. The monoisotopic (exact) mass is 214 g/mol. The molecule has 0 rings (SSSR count). The summed E-state index contributed by atoms with van der Waals surface area (Å²) in [5, 5.41) is 0. The molecule has 0 spiro atoms. The molecule has 0 unspecified atom stereocenters. The van der Waals surface area contributed by atoms with E-state index in [0.29, 0.717) is 13.2 Å². The van der Waals surface area contributed by atoms with Crippen LogP contribution in [0.3, 0.4) is 0 Å². The molecule has 2 heteroatoms. The van der Waals surface area contributed by atoms with Gasteiger partial charge in [0, 0.05) is 0 Å². The second kappa shape index (κ2) is 13.2. The van der Waals surface area contributed by atoms with Crippen LogP contribution in [-0.2, 0) is 9.47 Å². The lowest BCUT2D eigenvalue weighted by molar-refractivity contribution is 0.0407. The molecule has 0 radical (unpaired) electrons. The van der Waals surface area contributed by atoms with Gasteiger partial charge in [0.15, 0.2) is 0 Å². The Hall–Kier alpha value is -0.760. The molecule has 0 heterocycles. The van der Waals surface area contributed by atoms with Crippen LogP contribution in [0.15, 0.2) is 24.0 Å². The van der Waals surface area contributed by atoms with Gasteiger partial charge in [-0.15, -0.1) is 0 Å². The second-order valence-electron chi connectivity index (χ2n) is 2.96. The summed E-state index contributed by atoms with van der Waals surface area (Å²) in [5.74, 6) is 0.898. The van der Waals surface area contributed by atoms with E-state index < -0.39 is 0 Å². The van der Waals surface area contributed by atoms with E-state index >= 15 is 0 Å². The van der Waals surface area contributed by atoms with Gasteiger partial charge in [-0.1, -0.05) is 19.9 Å². The summed E-state index contributed by atoms with van der Waals surface area (Å²) in [6.45, 7) is 13.2. The van der Waals surface area contributed by atoms with E-state index in [0.717, 1.165) is 5.76 Å². The first-order valence-corrected chi connectivity index (χ1v) is 5.74. The van der Waals surface area contributed by atoms with Gasteiger partial charge in [0.25, 0.3) is 0 Å². The lowest BCUT2D eigenvalue weighted by Gasteiger charge is -2.09. The number of allylic oxidation sites excluding steroid dienone is 3. The highest BCUT2D eigenvalue weighted by Gasteiger charge is 1.94. The molecule has 0 amide bonds. The Bertz CT molecular complexity index is 169. The van der Waals surface area contributed by atoms with Gasteiger partial charge in [-0.25, -0.2) is 0 Å². The lowest BCUT2D eigenvalue weighted by Crippen LogP contribution is -2.09. The fourth-order valence-corrected chi connectivity index (χ4v) is 0.835. The summed E-state index contributed by atoms with van der Waals surface area (Å²) in [7, 11) is 0. The molecule has 0 aliphatic carbocycles. The van der Waals surface area contributed by atoms with Crippen LogP contribution in [0.4, 0.5) is 0 Å². The van der Waals surface area contributed by atoms with Crippen LogP contribution in [0.2, 0.25) is 0 Å². The van der Waals surface area contributed by atoms with Crippen molar-refractivity contribution in [3.05, 3.63) is 24.0 Å². The molecule has 0 fully saturated rings. The summed E-state index contributed by atoms with van der Waals surface area (Å²) in [5.41, 5.74) is 0. The molecule has 0 saturated carbocycles. The standard InChI is InChI=1S/C11H20O2.C2H6/c1-5-7-11(6-2)13-9-8-12-10(3)4;1-2/h5-7,10H,8-9H2,1-4H3;1-2H3/b7-5-,11-6+;. The molecule has 15 heavy (non-hydrogen) atoms. The molecule has 0 aromatic heterocycles. The van der Waals surface area contributed by atoms with E-state index in [1.54, 1.807) is 0 Å². The minimum atomic E-state index is 0.277. The quantitative estimate of drug-likeness (QED) is 0.379. The van der Waals surface area contributed by atoms with Crippen molar-refractivity contribution in [1.29, 1.82) is 0 Å². The van der Waals surface area contributed by atoms with Crippen LogP contribution in [0, 0.1) is 0 Å². The molecular formula is C13H26O2. The summed E-state index contributed by atoms with van der Waals surface area (Å²) in [6, 6.07) is 0. The number of ether oxygens (including phenoxy) is 2. The highest BCUT2D eigenvalue weighted by Crippen LogP contribution is 1.99. The van der Waals surface area contributed by atoms with Crippen molar-refractivity contribution in [3.8, 4) is 0 Å². The largest absolute Gasteiger partial charge is 0.492 e. The third-order valence-corrected chi connectivity index (χ3v) is 1.42. The van der Waals surface area contributed by atoms with E-state index in [1.165, 1.54) is 0 Å². The Kier molecular flexibility index (Phi) is 14.7. The number of hydrogen-bond acceptors (Lipinski definition) is 2. The van der Waals surface area contributed by atoms with Crippen LogP contribution in [-0.4, -0.2) is 19.3 Å². The van der Waals surface area contributed by atoms with Gasteiger partial charge in [0.1, 0.15) is 12.4 Å². The van der Waals surface area contributed by atoms with Crippen molar-refractivity contribution >= 4 is 0 Å². The van der Waals surface area contributed by atoms with Gasteiger partial charge in [-0.05, 0) is 39.8 Å². The molecule has 0 aliphatic rings. The van der Waals surface area contributed by atoms with Crippen molar-refractivity contribution in [2.75, 3.05) is 13.2 Å². The van der Waals surface area contributed by atoms with E-state index in [1.807, 2.05) is 59.8 Å². The molecule has 2 nitrogen and oxygen atoms in total. The van der Waals surface area contributed by atoms with Crippen LogP contribution in [0.1, 0.15) is 41.5 Å². The Morgan fingerprint density at radius 3 is 2.13 bits per heavy atom. The SMILES string of the molecule is C/C=C\C(=C/C)OCCOC(C)C.CC. The molecule has 0 saturated heterocycles. The van der Waals surface area contributed by atoms with E-state index in [-0.39, 0.29) is 6.10 Å². The normalized spacial score (nSPS) is 11.5. The first kappa shape index (κ1) is 16.7. The molecular weight excluding hydrogens is 188 g/mol.